The smallest absolute Gasteiger partial charge is 0.186 e. The molecule has 88 valence electrons. The lowest BCUT2D eigenvalue weighted by Crippen LogP contribution is -2.17. The van der Waals surface area contributed by atoms with Gasteiger partial charge in [-0.2, -0.15) is 0 Å². The summed E-state index contributed by atoms with van der Waals surface area (Å²) in [5.41, 5.74) is 1.00. The number of rotatable bonds is 4. The third kappa shape index (κ3) is 2.26. The molecule has 1 saturated heterocycles. The molecule has 0 unspecified atom stereocenters. The van der Waals surface area contributed by atoms with Crippen LogP contribution in [0.15, 0.2) is 0 Å². The number of carbonyl (C=O) groups is 1. The molecule has 2 heterocycles. The number of hydrogen-bond acceptors (Lipinski definition) is 4. The molecule has 0 radical (unpaired) electrons. The monoisotopic (exact) mass is 238 g/mol. The number of nitrogens with zero attached hydrogens (tertiary/aromatic N) is 2. The van der Waals surface area contributed by atoms with Crippen molar-refractivity contribution in [1.82, 2.24) is 4.98 Å². The maximum absolute atomic E-state index is 11.5. The van der Waals surface area contributed by atoms with Crippen molar-refractivity contribution in [2.75, 3.05) is 18.0 Å². The van der Waals surface area contributed by atoms with Crippen molar-refractivity contribution >= 4 is 22.3 Å². The molecule has 1 aromatic rings. The standard InChI is InChI=1S/C12H18N2OS/c1-3-6-10-11(9(2)15)16-12(13-10)14-7-4-5-8-14/h3-8H2,1-2H3. The first kappa shape index (κ1) is 11.6. The van der Waals surface area contributed by atoms with Crippen molar-refractivity contribution in [3.63, 3.8) is 0 Å². The number of anilines is 1. The van der Waals surface area contributed by atoms with Crippen LogP contribution in [0.4, 0.5) is 5.13 Å². The number of carbonyl (C=O) groups excluding carboxylic acids is 1. The molecule has 0 aromatic carbocycles. The second-order valence-corrected chi connectivity index (χ2v) is 5.25. The van der Waals surface area contributed by atoms with Crippen LogP contribution in [0, 0.1) is 0 Å². The van der Waals surface area contributed by atoms with Gasteiger partial charge in [-0.1, -0.05) is 24.7 Å². The topological polar surface area (TPSA) is 33.2 Å². The molecule has 0 saturated carbocycles. The average Bonchev–Trinajstić information content (AvgIpc) is 2.83. The van der Waals surface area contributed by atoms with Crippen LogP contribution in [0.2, 0.25) is 0 Å². The first-order valence-corrected chi connectivity index (χ1v) is 6.79. The molecule has 2 rings (SSSR count). The SMILES string of the molecule is CCCc1nc(N2CCCC2)sc1C(C)=O. The van der Waals surface area contributed by atoms with E-state index in [1.165, 1.54) is 12.8 Å². The number of aromatic nitrogens is 1. The first-order chi connectivity index (χ1) is 7.72. The van der Waals surface area contributed by atoms with Crippen LogP contribution in [0.1, 0.15) is 48.5 Å². The average molecular weight is 238 g/mol. The van der Waals surface area contributed by atoms with Gasteiger partial charge < -0.3 is 4.90 Å². The van der Waals surface area contributed by atoms with Crippen LogP contribution in [-0.2, 0) is 6.42 Å². The van der Waals surface area contributed by atoms with Crippen LogP contribution in [0.5, 0.6) is 0 Å². The lowest BCUT2D eigenvalue weighted by Gasteiger charge is -2.12. The van der Waals surface area contributed by atoms with E-state index < -0.39 is 0 Å². The number of Topliss-reactive ketones (excluding diaryl/α,β-unsaturated/α-hetero) is 1. The van der Waals surface area contributed by atoms with Crippen molar-refractivity contribution in [3.05, 3.63) is 10.6 Å². The van der Waals surface area contributed by atoms with Gasteiger partial charge in [0.05, 0.1) is 10.6 Å². The van der Waals surface area contributed by atoms with Gasteiger partial charge in [-0.05, 0) is 19.3 Å². The van der Waals surface area contributed by atoms with Crippen molar-refractivity contribution in [3.8, 4) is 0 Å². The van der Waals surface area contributed by atoms with Gasteiger partial charge in [-0.25, -0.2) is 4.98 Å². The van der Waals surface area contributed by atoms with Crippen LogP contribution in [-0.4, -0.2) is 23.9 Å². The normalized spacial score (nSPS) is 15.8. The number of ketones is 1. The van der Waals surface area contributed by atoms with Crippen molar-refractivity contribution in [2.45, 2.75) is 39.5 Å². The second-order valence-electron chi connectivity index (χ2n) is 4.27. The van der Waals surface area contributed by atoms with Gasteiger partial charge in [-0.15, -0.1) is 0 Å². The van der Waals surface area contributed by atoms with Gasteiger partial charge in [0.15, 0.2) is 10.9 Å². The van der Waals surface area contributed by atoms with Crippen LogP contribution >= 0.6 is 11.3 Å². The number of hydrogen-bond donors (Lipinski definition) is 0. The van der Waals surface area contributed by atoms with Gasteiger partial charge in [-0.3, -0.25) is 4.79 Å². The fourth-order valence-corrected chi connectivity index (χ4v) is 3.12. The molecule has 1 aromatic heterocycles. The third-order valence-corrected chi connectivity index (χ3v) is 4.13. The Balaban J connectivity index is 2.26. The minimum Gasteiger partial charge on any atom is -0.348 e. The maximum Gasteiger partial charge on any atom is 0.186 e. The zero-order valence-electron chi connectivity index (χ0n) is 9.95. The van der Waals surface area contributed by atoms with E-state index in [9.17, 15) is 4.79 Å². The third-order valence-electron chi connectivity index (χ3n) is 2.87. The zero-order chi connectivity index (χ0) is 11.5. The van der Waals surface area contributed by atoms with E-state index in [4.69, 9.17) is 0 Å². The molecule has 0 spiro atoms. The highest BCUT2D eigenvalue weighted by Gasteiger charge is 2.20. The van der Waals surface area contributed by atoms with E-state index in [0.717, 1.165) is 41.6 Å². The summed E-state index contributed by atoms with van der Waals surface area (Å²) in [7, 11) is 0. The van der Waals surface area contributed by atoms with E-state index in [0.29, 0.717) is 0 Å². The Hall–Kier alpha value is -0.900. The Morgan fingerprint density at radius 1 is 1.44 bits per heavy atom. The summed E-state index contributed by atoms with van der Waals surface area (Å²) in [5, 5.41) is 1.05. The van der Waals surface area contributed by atoms with Gasteiger partial charge >= 0.3 is 0 Å². The Morgan fingerprint density at radius 2 is 2.12 bits per heavy atom. The fourth-order valence-electron chi connectivity index (χ4n) is 2.06. The lowest BCUT2D eigenvalue weighted by molar-refractivity contribution is 0.102. The predicted molar refractivity (Wildman–Crippen MR) is 67.6 cm³/mol. The summed E-state index contributed by atoms with van der Waals surface area (Å²) < 4.78 is 0. The summed E-state index contributed by atoms with van der Waals surface area (Å²) >= 11 is 1.57. The highest BCUT2D eigenvalue weighted by molar-refractivity contribution is 7.17. The molecule has 4 heteroatoms. The fraction of sp³-hybridized carbons (Fsp3) is 0.667. The molecule has 0 bridgehead atoms. The minimum atomic E-state index is 0.159. The molecule has 0 atom stereocenters. The van der Waals surface area contributed by atoms with E-state index in [-0.39, 0.29) is 5.78 Å². The highest BCUT2D eigenvalue weighted by Crippen LogP contribution is 2.29. The summed E-state index contributed by atoms with van der Waals surface area (Å²) in [6.07, 6.45) is 4.46. The molecule has 16 heavy (non-hydrogen) atoms. The highest BCUT2D eigenvalue weighted by atomic mass is 32.1. The largest absolute Gasteiger partial charge is 0.348 e. The van der Waals surface area contributed by atoms with Crippen LogP contribution in [0.3, 0.4) is 0 Å². The first-order valence-electron chi connectivity index (χ1n) is 5.98. The molecule has 0 N–H and O–H groups in total. The lowest BCUT2D eigenvalue weighted by atomic mass is 10.2. The molecule has 1 fully saturated rings. The Morgan fingerprint density at radius 3 is 2.69 bits per heavy atom. The Kier molecular flexibility index (Phi) is 3.59. The van der Waals surface area contributed by atoms with E-state index in [1.54, 1.807) is 18.3 Å². The molecule has 0 amide bonds. The molecular formula is C12H18N2OS. The van der Waals surface area contributed by atoms with Crippen molar-refractivity contribution in [1.29, 1.82) is 0 Å². The Bertz CT molecular complexity index is 380. The summed E-state index contributed by atoms with van der Waals surface area (Å²) in [6.45, 7) is 5.95. The molecule has 1 aliphatic rings. The van der Waals surface area contributed by atoms with Gasteiger partial charge in [0, 0.05) is 20.0 Å². The van der Waals surface area contributed by atoms with Crippen LogP contribution in [0.25, 0.3) is 0 Å². The quantitative estimate of drug-likeness (QED) is 0.756. The van der Waals surface area contributed by atoms with Gasteiger partial charge in [0.1, 0.15) is 0 Å². The number of aryl methyl sites for hydroxylation is 1. The predicted octanol–water partition coefficient (Wildman–Crippen LogP) is 2.90. The van der Waals surface area contributed by atoms with Crippen molar-refractivity contribution in [2.24, 2.45) is 0 Å². The summed E-state index contributed by atoms with van der Waals surface area (Å²) in [6, 6.07) is 0. The molecule has 1 aliphatic heterocycles. The maximum atomic E-state index is 11.5. The van der Waals surface area contributed by atoms with E-state index in [1.807, 2.05) is 0 Å². The molecule has 0 aliphatic carbocycles. The van der Waals surface area contributed by atoms with E-state index in [2.05, 4.69) is 16.8 Å². The van der Waals surface area contributed by atoms with Gasteiger partial charge in [0.25, 0.3) is 0 Å². The molecule has 3 nitrogen and oxygen atoms in total. The number of thiazole rings is 1. The van der Waals surface area contributed by atoms with Gasteiger partial charge in [0.2, 0.25) is 0 Å². The van der Waals surface area contributed by atoms with E-state index >= 15 is 0 Å². The van der Waals surface area contributed by atoms with Crippen LogP contribution < -0.4 is 4.90 Å². The summed E-state index contributed by atoms with van der Waals surface area (Å²) in [5.74, 6) is 0.159. The summed E-state index contributed by atoms with van der Waals surface area (Å²) in [4.78, 5) is 19.3. The second kappa shape index (κ2) is 4.95. The van der Waals surface area contributed by atoms with Crippen molar-refractivity contribution < 1.29 is 4.79 Å². The Labute approximate surface area is 100 Å². The molecular weight excluding hydrogens is 220 g/mol. The minimum absolute atomic E-state index is 0.159. The zero-order valence-corrected chi connectivity index (χ0v) is 10.8.